The Balaban J connectivity index is 2.13. The van der Waals surface area contributed by atoms with Crippen molar-refractivity contribution in [3.05, 3.63) is 18.2 Å². The molecule has 1 heterocycles. The van der Waals surface area contributed by atoms with E-state index in [1.54, 1.807) is 6.07 Å². The van der Waals surface area contributed by atoms with E-state index in [1.807, 2.05) is 32.9 Å². The van der Waals surface area contributed by atoms with Crippen molar-refractivity contribution < 1.29 is 9.59 Å². The summed E-state index contributed by atoms with van der Waals surface area (Å²) in [4.78, 5) is 24.4. The first-order chi connectivity index (χ1) is 9.27. The molecule has 0 fully saturated rings. The first-order valence-electron chi connectivity index (χ1n) is 6.40. The maximum atomic E-state index is 12.1. The average molecular weight is 293 g/mol. The summed E-state index contributed by atoms with van der Waals surface area (Å²) in [5.74, 6) is 0.165. The molecule has 2 rings (SSSR count). The summed E-state index contributed by atoms with van der Waals surface area (Å²) in [7, 11) is 0. The highest BCUT2D eigenvalue weighted by molar-refractivity contribution is 8.00. The van der Waals surface area contributed by atoms with Crippen LogP contribution in [0.3, 0.4) is 0 Å². The van der Waals surface area contributed by atoms with Crippen LogP contribution in [0.25, 0.3) is 0 Å². The van der Waals surface area contributed by atoms with Crippen molar-refractivity contribution in [1.29, 1.82) is 0 Å². The highest BCUT2D eigenvalue weighted by Gasteiger charge is 2.27. The third-order valence-corrected chi connectivity index (χ3v) is 4.17. The number of carbonyl (C=O) groups excluding carboxylic acids is 2. The fraction of sp³-hybridized carbons (Fsp3) is 0.429. The highest BCUT2D eigenvalue weighted by Crippen LogP contribution is 2.33. The Hall–Kier alpha value is -1.53. The van der Waals surface area contributed by atoms with Crippen LogP contribution in [0.15, 0.2) is 23.1 Å². The number of benzene rings is 1. The Morgan fingerprint density at radius 3 is 2.80 bits per heavy atom. The molecule has 0 bridgehead atoms. The number of rotatable bonds is 2. The minimum absolute atomic E-state index is 0.0302. The van der Waals surface area contributed by atoms with Gasteiger partial charge in [-0.3, -0.25) is 9.59 Å². The zero-order valence-corrected chi connectivity index (χ0v) is 12.6. The summed E-state index contributed by atoms with van der Waals surface area (Å²) < 4.78 is 0. The van der Waals surface area contributed by atoms with Crippen LogP contribution < -0.4 is 16.4 Å². The first-order valence-corrected chi connectivity index (χ1v) is 7.39. The van der Waals surface area contributed by atoms with Crippen LogP contribution in [-0.2, 0) is 9.59 Å². The average Bonchev–Trinajstić information content (AvgIpc) is 2.36. The SMILES string of the molecule is CC(C)(C)C(N)C(=O)Nc1ccc2c(c1)NC(=O)CS2. The van der Waals surface area contributed by atoms with Crippen LogP contribution >= 0.6 is 11.8 Å². The molecular formula is C14H19N3O2S. The summed E-state index contributed by atoms with van der Waals surface area (Å²) >= 11 is 1.49. The molecule has 2 amide bonds. The topological polar surface area (TPSA) is 84.2 Å². The molecule has 0 saturated carbocycles. The fourth-order valence-electron chi connectivity index (χ4n) is 1.77. The van der Waals surface area contributed by atoms with E-state index in [2.05, 4.69) is 10.6 Å². The van der Waals surface area contributed by atoms with Gasteiger partial charge in [-0.2, -0.15) is 0 Å². The van der Waals surface area contributed by atoms with Gasteiger partial charge in [0.05, 0.1) is 17.5 Å². The van der Waals surface area contributed by atoms with Crippen molar-refractivity contribution >= 4 is 35.0 Å². The van der Waals surface area contributed by atoms with E-state index >= 15 is 0 Å². The van der Waals surface area contributed by atoms with E-state index in [-0.39, 0.29) is 17.2 Å². The van der Waals surface area contributed by atoms with Gasteiger partial charge in [0, 0.05) is 10.6 Å². The predicted octanol–water partition coefficient (Wildman–Crippen LogP) is 2.04. The van der Waals surface area contributed by atoms with Crippen molar-refractivity contribution in [2.45, 2.75) is 31.7 Å². The largest absolute Gasteiger partial charge is 0.325 e. The van der Waals surface area contributed by atoms with Crippen molar-refractivity contribution in [3.8, 4) is 0 Å². The Bertz CT molecular complexity index is 552. The van der Waals surface area contributed by atoms with E-state index in [4.69, 9.17) is 5.73 Å². The van der Waals surface area contributed by atoms with Gasteiger partial charge < -0.3 is 16.4 Å². The summed E-state index contributed by atoms with van der Waals surface area (Å²) in [5.41, 5.74) is 6.98. The molecule has 0 aromatic heterocycles. The standard InChI is InChI=1S/C14H19N3O2S/c1-14(2,3)12(15)13(19)16-8-4-5-10-9(6-8)17-11(18)7-20-10/h4-6,12H,7,15H2,1-3H3,(H,16,19)(H,17,18). The summed E-state index contributed by atoms with van der Waals surface area (Å²) in [5, 5.41) is 5.58. The molecule has 1 aliphatic rings. The van der Waals surface area contributed by atoms with Crippen LogP contribution in [0.4, 0.5) is 11.4 Å². The van der Waals surface area contributed by atoms with E-state index in [0.717, 1.165) is 10.6 Å². The summed E-state index contributed by atoms with van der Waals surface area (Å²) in [6, 6.07) is 4.86. The number of nitrogens with one attached hydrogen (secondary N) is 2. The molecule has 0 spiro atoms. The molecular weight excluding hydrogens is 274 g/mol. The van der Waals surface area contributed by atoms with E-state index in [0.29, 0.717) is 11.4 Å². The Morgan fingerprint density at radius 2 is 2.15 bits per heavy atom. The van der Waals surface area contributed by atoms with Gasteiger partial charge in [0.2, 0.25) is 11.8 Å². The lowest BCUT2D eigenvalue weighted by Gasteiger charge is -2.26. The Morgan fingerprint density at radius 1 is 1.45 bits per heavy atom. The number of thioether (sulfide) groups is 1. The maximum absolute atomic E-state index is 12.1. The third kappa shape index (κ3) is 3.32. The number of anilines is 2. The number of carbonyl (C=O) groups is 2. The first kappa shape index (κ1) is 14.9. The molecule has 1 atom stereocenters. The van der Waals surface area contributed by atoms with Gasteiger partial charge in [-0.05, 0) is 23.6 Å². The maximum Gasteiger partial charge on any atom is 0.241 e. The molecule has 1 aromatic rings. The van der Waals surface area contributed by atoms with Gasteiger partial charge in [-0.25, -0.2) is 0 Å². The normalized spacial score (nSPS) is 16.1. The predicted molar refractivity (Wildman–Crippen MR) is 81.9 cm³/mol. The van der Waals surface area contributed by atoms with Crippen molar-refractivity contribution in [2.75, 3.05) is 16.4 Å². The second-order valence-corrected chi connectivity index (χ2v) is 6.90. The van der Waals surface area contributed by atoms with Crippen molar-refractivity contribution in [3.63, 3.8) is 0 Å². The van der Waals surface area contributed by atoms with E-state index < -0.39 is 6.04 Å². The van der Waals surface area contributed by atoms with Crippen molar-refractivity contribution in [1.82, 2.24) is 0 Å². The zero-order chi connectivity index (χ0) is 14.9. The van der Waals surface area contributed by atoms with E-state index in [1.165, 1.54) is 11.8 Å². The van der Waals surface area contributed by atoms with Crippen LogP contribution in [0.5, 0.6) is 0 Å². The lowest BCUT2D eigenvalue weighted by molar-refractivity contribution is -0.119. The van der Waals surface area contributed by atoms with Gasteiger partial charge in [0.25, 0.3) is 0 Å². The van der Waals surface area contributed by atoms with Gasteiger partial charge in [0.1, 0.15) is 0 Å². The molecule has 1 unspecified atom stereocenters. The zero-order valence-electron chi connectivity index (χ0n) is 11.8. The second-order valence-electron chi connectivity index (χ2n) is 5.88. The van der Waals surface area contributed by atoms with Gasteiger partial charge in [0.15, 0.2) is 0 Å². The monoisotopic (exact) mass is 293 g/mol. The van der Waals surface area contributed by atoms with Gasteiger partial charge >= 0.3 is 0 Å². The number of amides is 2. The molecule has 1 aromatic carbocycles. The number of nitrogens with two attached hydrogens (primary N) is 1. The van der Waals surface area contributed by atoms with Crippen molar-refractivity contribution in [2.24, 2.45) is 11.1 Å². The second kappa shape index (κ2) is 5.46. The Labute approximate surface area is 122 Å². The summed E-state index contributed by atoms with van der Waals surface area (Å²) in [6.45, 7) is 5.75. The van der Waals surface area contributed by atoms with Gasteiger partial charge in [-0.1, -0.05) is 20.8 Å². The smallest absolute Gasteiger partial charge is 0.241 e. The molecule has 4 N–H and O–H groups in total. The number of hydrogen-bond acceptors (Lipinski definition) is 4. The highest BCUT2D eigenvalue weighted by atomic mass is 32.2. The van der Waals surface area contributed by atoms with Crippen LogP contribution in [0, 0.1) is 5.41 Å². The molecule has 0 radical (unpaired) electrons. The minimum Gasteiger partial charge on any atom is -0.325 e. The fourth-order valence-corrected chi connectivity index (χ4v) is 2.56. The lowest BCUT2D eigenvalue weighted by atomic mass is 9.87. The lowest BCUT2D eigenvalue weighted by Crippen LogP contribution is -2.45. The molecule has 0 saturated heterocycles. The molecule has 0 aliphatic carbocycles. The number of fused-ring (bicyclic) bond motifs is 1. The molecule has 1 aliphatic heterocycles. The third-order valence-electron chi connectivity index (χ3n) is 3.10. The van der Waals surface area contributed by atoms with Crippen LogP contribution in [0.1, 0.15) is 20.8 Å². The minimum atomic E-state index is -0.595. The summed E-state index contributed by atoms with van der Waals surface area (Å²) in [6.07, 6.45) is 0. The van der Waals surface area contributed by atoms with E-state index in [9.17, 15) is 9.59 Å². The quantitative estimate of drug-likeness (QED) is 0.779. The van der Waals surface area contributed by atoms with Crippen LogP contribution in [0.2, 0.25) is 0 Å². The van der Waals surface area contributed by atoms with Gasteiger partial charge in [-0.15, -0.1) is 11.8 Å². The molecule has 20 heavy (non-hydrogen) atoms. The Kier molecular flexibility index (Phi) is 4.06. The molecule has 6 heteroatoms. The molecule has 108 valence electrons. The molecule has 5 nitrogen and oxygen atoms in total. The van der Waals surface area contributed by atoms with Crippen LogP contribution in [-0.4, -0.2) is 23.6 Å². The number of hydrogen-bond donors (Lipinski definition) is 3.